The van der Waals surface area contributed by atoms with Crippen LogP contribution in [0.25, 0.3) is 0 Å². The summed E-state index contributed by atoms with van der Waals surface area (Å²) in [5.74, 6) is 0. The number of benzene rings is 1. The molecule has 1 saturated carbocycles. The van der Waals surface area contributed by atoms with Crippen molar-refractivity contribution in [1.82, 2.24) is 0 Å². The Balaban J connectivity index is 2.05. The first kappa shape index (κ1) is 9.19. The minimum atomic E-state index is 0.623. The SMILES string of the molecule is Nc1ccc(NC2CCCC2)cc1N. The highest BCUT2D eigenvalue weighted by atomic mass is 14.9. The highest BCUT2D eigenvalue weighted by Gasteiger charge is 2.14. The second kappa shape index (κ2) is 3.78. The van der Waals surface area contributed by atoms with Crippen LogP contribution in [0.15, 0.2) is 18.2 Å². The Morgan fingerprint density at radius 3 is 2.43 bits per heavy atom. The van der Waals surface area contributed by atoms with Crippen LogP contribution in [0, 0.1) is 0 Å². The van der Waals surface area contributed by atoms with E-state index in [4.69, 9.17) is 11.5 Å². The van der Waals surface area contributed by atoms with Crippen LogP contribution in [0.5, 0.6) is 0 Å². The molecule has 0 atom stereocenters. The fourth-order valence-electron chi connectivity index (χ4n) is 1.97. The summed E-state index contributed by atoms with van der Waals surface area (Å²) >= 11 is 0. The molecule has 1 aromatic carbocycles. The molecular weight excluding hydrogens is 174 g/mol. The number of nitrogens with two attached hydrogens (primary N) is 2. The molecule has 1 aliphatic rings. The van der Waals surface area contributed by atoms with E-state index in [1.165, 1.54) is 25.7 Å². The van der Waals surface area contributed by atoms with Gasteiger partial charge in [0, 0.05) is 11.7 Å². The van der Waals surface area contributed by atoms with Crippen molar-refractivity contribution in [3.63, 3.8) is 0 Å². The van der Waals surface area contributed by atoms with Crippen LogP contribution in [0.1, 0.15) is 25.7 Å². The summed E-state index contributed by atoms with van der Waals surface area (Å²) < 4.78 is 0. The minimum absolute atomic E-state index is 0.623. The molecule has 0 aliphatic heterocycles. The monoisotopic (exact) mass is 191 g/mol. The van der Waals surface area contributed by atoms with Crippen molar-refractivity contribution >= 4 is 17.1 Å². The van der Waals surface area contributed by atoms with E-state index in [2.05, 4.69) is 5.32 Å². The lowest BCUT2D eigenvalue weighted by atomic mass is 10.2. The molecule has 1 fully saturated rings. The number of hydrogen-bond acceptors (Lipinski definition) is 3. The van der Waals surface area contributed by atoms with Crippen LogP contribution in [0.2, 0.25) is 0 Å². The lowest BCUT2D eigenvalue weighted by Gasteiger charge is -2.14. The first-order chi connectivity index (χ1) is 6.75. The van der Waals surface area contributed by atoms with Gasteiger partial charge >= 0.3 is 0 Å². The maximum atomic E-state index is 5.73. The van der Waals surface area contributed by atoms with Gasteiger partial charge in [0.2, 0.25) is 0 Å². The second-order valence-corrected chi connectivity index (χ2v) is 3.97. The summed E-state index contributed by atoms with van der Waals surface area (Å²) in [6.07, 6.45) is 5.21. The zero-order valence-electron chi connectivity index (χ0n) is 8.29. The van der Waals surface area contributed by atoms with Gasteiger partial charge in [-0.05, 0) is 31.0 Å². The predicted octanol–water partition coefficient (Wildman–Crippen LogP) is 2.21. The van der Waals surface area contributed by atoms with Crippen LogP contribution in [0.4, 0.5) is 17.1 Å². The van der Waals surface area contributed by atoms with Crippen molar-refractivity contribution in [2.24, 2.45) is 0 Å². The van der Waals surface area contributed by atoms with Gasteiger partial charge in [0.1, 0.15) is 0 Å². The van der Waals surface area contributed by atoms with Crippen LogP contribution >= 0.6 is 0 Å². The van der Waals surface area contributed by atoms with Crippen LogP contribution in [-0.2, 0) is 0 Å². The molecule has 1 aromatic rings. The van der Waals surface area contributed by atoms with Crippen molar-refractivity contribution in [3.05, 3.63) is 18.2 Å². The maximum Gasteiger partial charge on any atom is 0.0568 e. The number of nitrogen functional groups attached to an aromatic ring is 2. The Morgan fingerprint density at radius 2 is 1.79 bits per heavy atom. The molecule has 14 heavy (non-hydrogen) atoms. The van der Waals surface area contributed by atoms with Crippen LogP contribution < -0.4 is 16.8 Å². The smallest absolute Gasteiger partial charge is 0.0568 e. The third-order valence-corrected chi connectivity index (χ3v) is 2.81. The third kappa shape index (κ3) is 1.92. The average molecular weight is 191 g/mol. The van der Waals surface area contributed by atoms with Gasteiger partial charge in [-0.2, -0.15) is 0 Å². The van der Waals surface area contributed by atoms with Gasteiger partial charge in [0.15, 0.2) is 0 Å². The molecule has 0 heterocycles. The van der Waals surface area contributed by atoms with Gasteiger partial charge in [-0.1, -0.05) is 12.8 Å². The first-order valence-corrected chi connectivity index (χ1v) is 5.17. The van der Waals surface area contributed by atoms with Crippen LogP contribution in [0.3, 0.4) is 0 Å². The molecule has 1 aliphatic carbocycles. The summed E-state index contributed by atoms with van der Waals surface area (Å²) in [7, 11) is 0. The normalized spacial score (nSPS) is 17.1. The van der Waals surface area contributed by atoms with E-state index in [0.29, 0.717) is 17.4 Å². The van der Waals surface area contributed by atoms with Crippen molar-refractivity contribution in [3.8, 4) is 0 Å². The molecule has 0 amide bonds. The van der Waals surface area contributed by atoms with E-state index < -0.39 is 0 Å². The Labute approximate surface area is 84.5 Å². The first-order valence-electron chi connectivity index (χ1n) is 5.17. The lowest BCUT2D eigenvalue weighted by molar-refractivity contribution is 0.755. The van der Waals surface area contributed by atoms with E-state index in [-0.39, 0.29) is 0 Å². The van der Waals surface area contributed by atoms with E-state index in [9.17, 15) is 0 Å². The standard InChI is InChI=1S/C11H17N3/c12-10-6-5-9(7-11(10)13)14-8-3-1-2-4-8/h5-8,14H,1-4,12-13H2. The summed E-state index contributed by atoms with van der Waals surface area (Å²) in [6.45, 7) is 0. The lowest BCUT2D eigenvalue weighted by Crippen LogP contribution is -2.14. The van der Waals surface area contributed by atoms with Crippen molar-refractivity contribution < 1.29 is 0 Å². The van der Waals surface area contributed by atoms with Gasteiger partial charge < -0.3 is 16.8 Å². The van der Waals surface area contributed by atoms with Gasteiger partial charge in [0.25, 0.3) is 0 Å². The third-order valence-electron chi connectivity index (χ3n) is 2.81. The van der Waals surface area contributed by atoms with Crippen molar-refractivity contribution in [1.29, 1.82) is 0 Å². The summed E-state index contributed by atoms with van der Waals surface area (Å²) in [5.41, 5.74) is 13.8. The second-order valence-electron chi connectivity index (χ2n) is 3.97. The Bertz CT molecular complexity index is 316. The van der Waals surface area contributed by atoms with E-state index in [1.54, 1.807) is 0 Å². The van der Waals surface area contributed by atoms with Crippen molar-refractivity contribution in [2.45, 2.75) is 31.7 Å². The summed E-state index contributed by atoms with van der Waals surface area (Å²) in [5, 5.41) is 3.47. The number of hydrogen-bond donors (Lipinski definition) is 3. The summed E-state index contributed by atoms with van der Waals surface area (Å²) in [6, 6.07) is 6.38. The van der Waals surface area contributed by atoms with Gasteiger partial charge in [-0.25, -0.2) is 0 Å². The molecule has 3 heteroatoms. The van der Waals surface area contributed by atoms with Crippen molar-refractivity contribution in [2.75, 3.05) is 16.8 Å². The molecule has 0 radical (unpaired) electrons. The Kier molecular flexibility index (Phi) is 2.48. The molecule has 2 rings (SSSR count). The Morgan fingerprint density at radius 1 is 1.07 bits per heavy atom. The predicted molar refractivity (Wildman–Crippen MR) is 61.1 cm³/mol. The molecule has 76 valence electrons. The minimum Gasteiger partial charge on any atom is -0.397 e. The zero-order chi connectivity index (χ0) is 9.97. The van der Waals surface area contributed by atoms with Crippen LogP contribution in [-0.4, -0.2) is 6.04 Å². The van der Waals surface area contributed by atoms with Gasteiger partial charge in [-0.15, -0.1) is 0 Å². The molecule has 0 bridgehead atoms. The highest BCUT2D eigenvalue weighted by molar-refractivity contribution is 5.69. The highest BCUT2D eigenvalue weighted by Crippen LogP contribution is 2.25. The topological polar surface area (TPSA) is 64.1 Å². The fourth-order valence-corrected chi connectivity index (χ4v) is 1.97. The van der Waals surface area contributed by atoms with Gasteiger partial charge in [-0.3, -0.25) is 0 Å². The average Bonchev–Trinajstić information content (AvgIpc) is 2.64. The largest absolute Gasteiger partial charge is 0.397 e. The molecule has 3 nitrogen and oxygen atoms in total. The number of rotatable bonds is 2. The summed E-state index contributed by atoms with van der Waals surface area (Å²) in [4.78, 5) is 0. The molecular formula is C11H17N3. The van der Waals surface area contributed by atoms with E-state index in [0.717, 1.165) is 5.69 Å². The van der Waals surface area contributed by atoms with E-state index >= 15 is 0 Å². The Hall–Kier alpha value is -1.38. The maximum absolute atomic E-state index is 5.73. The molecule has 0 spiro atoms. The zero-order valence-corrected chi connectivity index (χ0v) is 8.29. The number of anilines is 3. The molecule has 5 N–H and O–H groups in total. The molecule has 0 saturated heterocycles. The molecule has 0 aromatic heterocycles. The quantitative estimate of drug-likeness (QED) is 0.628. The van der Waals surface area contributed by atoms with E-state index in [1.807, 2.05) is 18.2 Å². The fraction of sp³-hybridized carbons (Fsp3) is 0.455. The molecule has 0 unspecified atom stereocenters. The number of nitrogens with one attached hydrogen (secondary N) is 1. The van der Waals surface area contributed by atoms with Gasteiger partial charge in [0.05, 0.1) is 11.4 Å².